The maximum atomic E-state index is 12.9. The first-order valence-corrected chi connectivity index (χ1v) is 10.2. The molecule has 0 bridgehead atoms. The first kappa shape index (κ1) is 17.6. The quantitative estimate of drug-likeness (QED) is 0.692. The molecule has 3 aromatic rings. The zero-order valence-corrected chi connectivity index (χ0v) is 16.6. The van der Waals surface area contributed by atoms with Crippen LogP contribution < -0.4 is 5.56 Å². The van der Waals surface area contributed by atoms with Gasteiger partial charge in [-0.3, -0.25) is 9.69 Å². The fourth-order valence-electron chi connectivity index (χ4n) is 5.23. The Morgan fingerprint density at radius 1 is 1.21 bits per heavy atom. The van der Waals surface area contributed by atoms with Gasteiger partial charge in [-0.25, -0.2) is 9.97 Å². The number of hydrogen-bond donors (Lipinski definition) is 0. The lowest BCUT2D eigenvalue weighted by atomic mass is 9.77. The van der Waals surface area contributed by atoms with Crippen LogP contribution in [0.15, 0.2) is 41.3 Å². The lowest BCUT2D eigenvalue weighted by Crippen LogP contribution is -2.45. The number of rotatable bonds is 2. The van der Waals surface area contributed by atoms with Crippen molar-refractivity contribution >= 4 is 10.9 Å². The van der Waals surface area contributed by atoms with Crippen LogP contribution in [0.5, 0.6) is 0 Å². The topological polar surface area (TPSA) is 51.0 Å². The molecule has 1 aromatic carbocycles. The Morgan fingerprint density at radius 2 is 2.07 bits per heavy atom. The monoisotopic (exact) mass is 374 g/mol. The molecule has 5 nitrogen and oxygen atoms in total. The Morgan fingerprint density at radius 3 is 2.96 bits per heavy atom. The summed E-state index contributed by atoms with van der Waals surface area (Å²) in [4.78, 5) is 24.6. The molecule has 1 unspecified atom stereocenters. The number of aromatic nitrogens is 3. The van der Waals surface area contributed by atoms with Crippen LogP contribution in [0.3, 0.4) is 0 Å². The third-order valence-corrected chi connectivity index (χ3v) is 6.62. The van der Waals surface area contributed by atoms with Crippen molar-refractivity contribution in [3.05, 3.63) is 69.5 Å². The van der Waals surface area contributed by atoms with Crippen molar-refractivity contribution in [2.75, 3.05) is 13.1 Å². The summed E-state index contributed by atoms with van der Waals surface area (Å²) in [5.74, 6) is 0.862. The van der Waals surface area contributed by atoms with Gasteiger partial charge in [0.05, 0.1) is 11.2 Å². The second kappa shape index (κ2) is 6.52. The number of aryl methyl sites for hydroxylation is 3. The van der Waals surface area contributed by atoms with Crippen LogP contribution in [0, 0.1) is 6.92 Å². The highest BCUT2D eigenvalue weighted by atomic mass is 16.1. The van der Waals surface area contributed by atoms with Crippen molar-refractivity contribution in [2.45, 2.75) is 44.6 Å². The Kier molecular flexibility index (Phi) is 4.09. The molecule has 1 atom stereocenters. The van der Waals surface area contributed by atoms with Gasteiger partial charge in [0.1, 0.15) is 5.82 Å². The summed E-state index contributed by atoms with van der Waals surface area (Å²) >= 11 is 0. The SMILES string of the molecule is Cc1ncc2c(n1)C1(CCCN(Cc3cc4ccccc4n(C)c3=O)C1)CC2. The number of likely N-dealkylation sites (tertiary alicyclic amines) is 1. The van der Waals surface area contributed by atoms with Crippen LogP contribution in [-0.4, -0.2) is 32.5 Å². The van der Waals surface area contributed by atoms with E-state index in [-0.39, 0.29) is 11.0 Å². The summed E-state index contributed by atoms with van der Waals surface area (Å²) in [6, 6.07) is 10.2. The standard InChI is InChI=1S/C23H26N4O/c1-16-24-13-18-8-10-23(21(18)25-16)9-5-11-27(15-23)14-19-12-17-6-3-4-7-20(17)26(2)22(19)28/h3-4,6-7,12-13H,5,8-11,14-15H2,1-2H3. The molecular formula is C23H26N4O. The van der Waals surface area contributed by atoms with E-state index in [1.54, 1.807) is 4.57 Å². The second-order valence-electron chi connectivity index (χ2n) is 8.48. The molecule has 0 amide bonds. The van der Waals surface area contributed by atoms with Crippen LogP contribution in [-0.2, 0) is 25.4 Å². The van der Waals surface area contributed by atoms with E-state index in [0.29, 0.717) is 6.54 Å². The predicted octanol–water partition coefficient (Wildman–Crippen LogP) is 3.12. The van der Waals surface area contributed by atoms with Gasteiger partial charge in [0, 0.05) is 37.3 Å². The average Bonchev–Trinajstić information content (AvgIpc) is 3.03. The average molecular weight is 374 g/mol. The molecule has 1 saturated heterocycles. The Bertz CT molecular complexity index is 1120. The minimum atomic E-state index is 0.114. The van der Waals surface area contributed by atoms with Crippen molar-refractivity contribution in [1.29, 1.82) is 0 Å². The Labute approximate surface area is 165 Å². The maximum Gasteiger partial charge on any atom is 0.255 e. The number of piperidine rings is 1. The summed E-state index contributed by atoms with van der Waals surface area (Å²) < 4.78 is 1.78. The highest BCUT2D eigenvalue weighted by Crippen LogP contribution is 2.44. The van der Waals surface area contributed by atoms with Gasteiger partial charge in [0.15, 0.2) is 0 Å². The molecule has 2 aromatic heterocycles. The van der Waals surface area contributed by atoms with Gasteiger partial charge < -0.3 is 4.57 Å². The molecular weight excluding hydrogens is 348 g/mol. The summed E-state index contributed by atoms with van der Waals surface area (Å²) in [5, 5.41) is 1.13. The molecule has 1 aliphatic carbocycles. The van der Waals surface area contributed by atoms with Gasteiger partial charge in [0.2, 0.25) is 0 Å². The maximum absolute atomic E-state index is 12.9. The fourth-order valence-corrected chi connectivity index (χ4v) is 5.23. The summed E-state index contributed by atoms with van der Waals surface area (Å²) in [7, 11) is 1.87. The lowest BCUT2D eigenvalue weighted by molar-refractivity contribution is 0.136. The lowest BCUT2D eigenvalue weighted by Gasteiger charge is -2.40. The van der Waals surface area contributed by atoms with Crippen molar-refractivity contribution in [1.82, 2.24) is 19.4 Å². The molecule has 1 spiro atoms. The van der Waals surface area contributed by atoms with E-state index in [1.165, 1.54) is 17.7 Å². The minimum absolute atomic E-state index is 0.114. The van der Waals surface area contributed by atoms with Crippen LogP contribution in [0.4, 0.5) is 0 Å². The molecule has 3 heterocycles. The molecule has 1 fully saturated rings. The van der Waals surface area contributed by atoms with E-state index in [0.717, 1.165) is 54.6 Å². The number of fused-ring (bicyclic) bond motifs is 3. The zero-order chi connectivity index (χ0) is 19.3. The number of para-hydroxylation sites is 1. The van der Waals surface area contributed by atoms with Gasteiger partial charge in [0.25, 0.3) is 5.56 Å². The summed E-state index contributed by atoms with van der Waals surface area (Å²) in [6.45, 7) is 4.70. The summed E-state index contributed by atoms with van der Waals surface area (Å²) in [5.41, 5.74) is 4.69. The van der Waals surface area contributed by atoms with Gasteiger partial charge in [-0.1, -0.05) is 18.2 Å². The molecule has 5 heteroatoms. The van der Waals surface area contributed by atoms with Gasteiger partial charge >= 0.3 is 0 Å². The highest BCUT2D eigenvalue weighted by Gasteiger charge is 2.43. The van der Waals surface area contributed by atoms with Crippen LogP contribution in [0.25, 0.3) is 10.9 Å². The Balaban J connectivity index is 1.47. The number of hydrogen-bond acceptors (Lipinski definition) is 4. The van der Waals surface area contributed by atoms with E-state index in [1.807, 2.05) is 38.4 Å². The molecule has 0 N–H and O–H groups in total. The third kappa shape index (κ3) is 2.76. The molecule has 1 aliphatic heterocycles. The molecule has 144 valence electrons. The van der Waals surface area contributed by atoms with Crippen molar-refractivity contribution < 1.29 is 0 Å². The fraction of sp³-hybridized carbons (Fsp3) is 0.435. The second-order valence-corrected chi connectivity index (χ2v) is 8.48. The van der Waals surface area contributed by atoms with Gasteiger partial charge in [-0.05, 0) is 62.2 Å². The first-order chi connectivity index (χ1) is 13.6. The smallest absolute Gasteiger partial charge is 0.255 e. The van der Waals surface area contributed by atoms with Crippen LogP contribution in [0.1, 0.15) is 41.9 Å². The molecule has 0 saturated carbocycles. The number of nitrogens with zero attached hydrogens (tertiary/aromatic N) is 4. The first-order valence-electron chi connectivity index (χ1n) is 10.2. The number of pyridine rings is 1. The van der Waals surface area contributed by atoms with Gasteiger partial charge in [-0.15, -0.1) is 0 Å². The van der Waals surface area contributed by atoms with Crippen molar-refractivity contribution in [3.8, 4) is 0 Å². The molecule has 2 aliphatic rings. The van der Waals surface area contributed by atoms with E-state index >= 15 is 0 Å². The molecule has 5 rings (SSSR count). The van der Waals surface area contributed by atoms with E-state index in [9.17, 15) is 4.79 Å². The van der Waals surface area contributed by atoms with Crippen molar-refractivity contribution in [3.63, 3.8) is 0 Å². The van der Waals surface area contributed by atoms with Gasteiger partial charge in [-0.2, -0.15) is 0 Å². The van der Waals surface area contributed by atoms with E-state index in [2.05, 4.69) is 22.0 Å². The predicted molar refractivity (Wildman–Crippen MR) is 110 cm³/mol. The highest BCUT2D eigenvalue weighted by molar-refractivity contribution is 5.79. The Hall–Kier alpha value is -2.53. The van der Waals surface area contributed by atoms with E-state index in [4.69, 9.17) is 4.98 Å². The van der Waals surface area contributed by atoms with Crippen LogP contribution >= 0.6 is 0 Å². The van der Waals surface area contributed by atoms with E-state index < -0.39 is 0 Å². The summed E-state index contributed by atoms with van der Waals surface area (Å²) in [6.07, 6.45) is 6.57. The molecule has 28 heavy (non-hydrogen) atoms. The van der Waals surface area contributed by atoms with Crippen molar-refractivity contribution in [2.24, 2.45) is 7.05 Å². The third-order valence-electron chi connectivity index (χ3n) is 6.62. The van der Waals surface area contributed by atoms with Crippen LogP contribution in [0.2, 0.25) is 0 Å². The minimum Gasteiger partial charge on any atom is -0.311 e. The largest absolute Gasteiger partial charge is 0.311 e. The number of benzene rings is 1. The zero-order valence-electron chi connectivity index (χ0n) is 16.6. The molecule has 0 radical (unpaired) electrons. The normalized spacial score (nSPS) is 22.1.